The zero-order valence-corrected chi connectivity index (χ0v) is 15.6. The van der Waals surface area contributed by atoms with Gasteiger partial charge in [0.15, 0.2) is 0 Å². The average molecular weight is 356 g/mol. The number of carbonyl (C=O) groups is 1. The summed E-state index contributed by atoms with van der Waals surface area (Å²) < 4.78 is 0. The lowest BCUT2D eigenvalue weighted by Gasteiger charge is -2.22. The monoisotopic (exact) mass is 355 g/mol. The van der Waals surface area contributed by atoms with Gasteiger partial charge >= 0.3 is 0 Å². The predicted octanol–water partition coefficient (Wildman–Crippen LogP) is 5.42. The van der Waals surface area contributed by atoms with Crippen molar-refractivity contribution in [2.75, 3.05) is 0 Å². The lowest BCUT2D eigenvalue weighted by Crippen LogP contribution is -2.28. The van der Waals surface area contributed by atoms with Gasteiger partial charge in [0.2, 0.25) is 5.91 Å². The Bertz CT molecular complexity index is 741. The molecule has 0 spiro atoms. The Balaban J connectivity index is 1.61. The summed E-state index contributed by atoms with van der Waals surface area (Å²) in [7, 11) is 0. The molecule has 132 valence electrons. The average Bonchev–Trinajstić information content (AvgIpc) is 2.65. The minimum atomic E-state index is 0.0875. The number of amides is 1. The topological polar surface area (TPSA) is 29.1 Å². The van der Waals surface area contributed by atoms with E-state index in [-0.39, 0.29) is 11.9 Å². The summed E-state index contributed by atoms with van der Waals surface area (Å²) in [4.78, 5) is 12.4. The zero-order chi connectivity index (χ0) is 17.6. The molecule has 0 aromatic heterocycles. The first-order valence-corrected chi connectivity index (χ1v) is 9.69. The Kier molecular flexibility index (Phi) is 6.14. The second-order valence-corrected chi connectivity index (χ2v) is 7.26. The van der Waals surface area contributed by atoms with Gasteiger partial charge in [-0.3, -0.25) is 4.79 Å². The number of hydrogen-bond donors (Lipinski definition) is 1. The van der Waals surface area contributed by atoms with E-state index >= 15 is 0 Å². The molecule has 3 heteroatoms. The van der Waals surface area contributed by atoms with Crippen molar-refractivity contribution < 1.29 is 4.79 Å². The second kappa shape index (κ2) is 8.53. The molecule has 1 aliphatic rings. The highest BCUT2D eigenvalue weighted by Gasteiger charge is 2.16. The Morgan fingerprint density at radius 2 is 1.88 bits per heavy atom. The van der Waals surface area contributed by atoms with Gasteiger partial charge in [0.1, 0.15) is 0 Å². The number of hydrogen-bond acceptors (Lipinski definition) is 1. The smallest absolute Gasteiger partial charge is 0.220 e. The minimum Gasteiger partial charge on any atom is -0.349 e. The lowest BCUT2D eigenvalue weighted by atomic mass is 9.89. The maximum absolute atomic E-state index is 12.4. The number of fused-ring (bicyclic) bond motifs is 1. The number of nitrogens with one attached hydrogen (secondary N) is 1. The summed E-state index contributed by atoms with van der Waals surface area (Å²) in [5.41, 5.74) is 5.21. The third kappa shape index (κ3) is 4.64. The molecule has 0 saturated heterocycles. The van der Waals surface area contributed by atoms with Gasteiger partial charge in [0.05, 0.1) is 6.04 Å². The molecule has 1 amide bonds. The molecular formula is C22H26ClNO. The molecule has 3 rings (SSSR count). The largest absolute Gasteiger partial charge is 0.349 e. The van der Waals surface area contributed by atoms with E-state index in [9.17, 15) is 4.79 Å². The molecule has 2 nitrogen and oxygen atoms in total. The molecule has 1 aliphatic carbocycles. The van der Waals surface area contributed by atoms with Gasteiger partial charge in [0, 0.05) is 11.4 Å². The van der Waals surface area contributed by atoms with Crippen molar-refractivity contribution in [2.45, 2.75) is 57.9 Å². The van der Waals surface area contributed by atoms with Crippen molar-refractivity contribution in [1.29, 1.82) is 0 Å². The Morgan fingerprint density at radius 3 is 2.64 bits per heavy atom. The first-order valence-electron chi connectivity index (χ1n) is 9.32. The summed E-state index contributed by atoms with van der Waals surface area (Å²) in [6.45, 7) is 2.12. The van der Waals surface area contributed by atoms with Crippen LogP contribution in [-0.4, -0.2) is 5.91 Å². The molecule has 0 unspecified atom stereocenters. The Hall–Kier alpha value is -1.80. The molecule has 1 atom stereocenters. The Labute approximate surface area is 155 Å². The van der Waals surface area contributed by atoms with E-state index < -0.39 is 0 Å². The first-order chi connectivity index (χ1) is 12.2. The zero-order valence-electron chi connectivity index (χ0n) is 14.9. The highest BCUT2D eigenvalue weighted by atomic mass is 35.5. The molecule has 25 heavy (non-hydrogen) atoms. The lowest BCUT2D eigenvalue weighted by molar-refractivity contribution is -0.121. The number of carbonyl (C=O) groups excluding carboxylic acids is 1. The SMILES string of the molecule is CC[C@H](NC(=O)CCc1ccccc1Cl)c1ccc2c(c1)CCCC2. The molecule has 2 aromatic carbocycles. The first kappa shape index (κ1) is 18.0. The highest BCUT2D eigenvalue weighted by molar-refractivity contribution is 6.31. The van der Waals surface area contributed by atoms with E-state index in [1.165, 1.54) is 42.4 Å². The fraction of sp³-hybridized carbons (Fsp3) is 0.409. The van der Waals surface area contributed by atoms with Crippen molar-refractivity contribution >= 4 is 17.5 Å². The van der Waals surface area contributed by atoms with Crippen LogP contribution in [0.25, 0.3) is 0 Å². The molecule has 2 aromatic rings. The van der Waals surface area contributed by atoms with Crippen molar-refractivity contribution in [3.05, 3.63) is 69.7 Å². The maximum Gasteiger partial charge on any atom is 0.220 e. The maximum atomic E-state index is 12.4. The van der Waals surface area contributed by atoms with E-state index in [2.05, 4.69) is 30.4 Å². The van der Waals surface area contributed by atoms with Crippen molar-refractivity contribution in [1.82, 2.24) is 5.32 Å². The van der Waals surface area contributed by atoms with Crippen molar-refractivity contribution in [3.63, 3.8) is 0 Å². The van der Waals surface area contributed by atoms with Crippen molar-refractivity contribution in [2.24, 2.45) is 0 Å². The van der Waals surface area contributed by atoms with Gasteiger partial charge < -0.3 is 5.32 Å². The molecule has 0 radical (unpaired) electrons. The second-order valence-electron chi connectivity index (χ2n) is 6.86. The fourth-order valence-corrected chi connectivity index (χ4v) is 3.84. The summed E-state index contributed by atoms with van der Waals surface area (Å²) in [6.07, 6.45) is 6.96. The van der Waals surface area contributed by atoms with Crippen LogP contribution in [0.5, 0.6) is 0 Å². The third-order valence-electron chi connectivity index (χ3n) is 5.10. The van der Waals surface area contributed by atoms with Gasteiger partial charge in [-0.05, 0) is 66.8 Å². The summed E-state index contributed by atoms with van der Waals surface area (Å²) in [5, 5.41) is 3.93. The quantitative estimate of drug-likeness (QED) is 0.736. The number of rotatable bonds is 6. The summed E-state index contributed by atoms with van der Waals surface area (Å²) in [5.74, 6) is 0.0875. The van der Waals surface area contributed by atoms with Crippen LogP contribution in [0.3, 0.4) is 0 Å². The minimum absolute atomic E-state index is 0.0875. The number of benzene rings is 2. The normalized spacial score (nSPS) is 14.6. The van der Waals surface area contributed by atoms with E-state index in [1.807, 2.05) is 24.3 Å². The predicted molar refractivity (Wildman–Crippen MR) is 104 cm³/mol. The van der Waals surface area contributed by atoms with Crippen LogP contribution in [0.15, 0.2) is 42.5 Å². The van der Waals surface area contributed by atoms with E-state index in [1.54, 1.807) is 0 Å². The van der Waals surface area contributed by atoms with Gasteiger partial charge in [0.25, 0.3) is 0 Å². The van der Waals surface area contributed by atoms with Crippen LogP contribution in [0.4, 0.5) is 0 Å². The molecule has 0 aliphatic heterocycles. The molecule has 1 N–H and O–H groups in total. The Morgan fingerprint density at radius 1 is 1.12 bits per heavy atom. The molecule has 0 fully saturated rings. The number of aryl methyl sites for hydroxylation is 3. The summed E-state index contributed by atoms with van der Waals surface area (Å²) >= 11 is 6.17. The van der Waals surface area contributed by atoms with Crippen LogP contribution in [0.2, 0.25) is 5.02 Å². The fourth-order valence-electron chi connectivity index (χ4n) is 3.61. The van der Waals surface area contributed by atoms with E-state index in [4.69, 9.17) is 11.6 Å². The van der Waals surface area contributed by atoms with Gasteiger partial charge in [-0.1, -0.05) is 54.9 Å². The van der Waals surface area contributed by atoms with Gasteiger partial charge in [-0.2, -0.15) is 0 Å². The van der Waals surface area contributed by atoms with Gasteiger partial charge in [-0.15, -0.1) is 0 Å². The van der Waals surface area contributed by atoms with Crippen LogP contribution in [0, 0.1) is 0 Å². The van der Waals surface area contributed by atoms with Crippen LogP contribution in [0.1, 0.15) is 60.9 Å². The van der Waals surface area contributed by atoms with Crippen LogP contribution in [-0.2, 0) is 24.1 Å². The standard InChI is InChI=1S/C22H26ClNO/c1-2-21(19-12-11-16-7-3-4-9-18(16)15-19)24-22(25)14-13-17-8-5-6-10-20(17)23/h5-6,8,10-12,15,21H,2-4,7,9,13-14H2,1H3,(H,24,25)/t21-/m0/s1. The summed E-state index contributed by atoms with van der Waals surface area (Å²) in [6, 6.07) is 14.6. The van der Waals surface area contributed by atoms with E-state index in [0.717, 1.165) is 17.0 Å². The number of halogens is 1. The van der Waals surface area contributed by atoms with Crippen LogP contribution >= 0.6 is 11.6 Å². The third-order valence-corrected chi connectivity index (χ3v) is 5.47. The molecule has 0 bridgehead atoms. The van der Waals surface area contributed by atoms with Gasteiger partial charge in [-0.25, -0.2) is 0 Å². The molecule has 0 saturated carbocycles. The highest BCUT2D eigenvalue weighted by Crippen LogP contribution is 2.26. The van der Waals surface area contributed by atoms with E-state index in [0.29, 0.717) is 12.8 Å². The van der Waals surface area contributed by atoms with Crippen molar-refractivity contribution in [3.8, 4) is 0 Å². The van der Waals surface area contributed by atoms with Crippen LogP contribution < -0.4 is 5.32 Å². The molecular weight excluding hydrogens is 330 g/mol. The molecule has 0 heterocycles.